The van der Waals surface area contributed by atoms with Crippen LogP contribution < -0.4 is 4.74 Å². The number of hydrogen-bond donors (Lipinski definition) is 0. The molecule has 0 aliphatic carbocycles. The van der Waals surface area contributed by atoms with E-state index in [1.165, 1.54) is 0 Å². The fraction of sp³-hybridized carbons (Fsp3) is 0.471. The van der Waals surface area contributed by atoms with Gasteiger partial charge in [0.15, 0.2) is 0 Å². The maximum absolute atomic E-state index is 12.6. The molecule has 0 aliphatic rings. The number of fused-ring (bicyclic) bond motifs is 1. The number of benzene rings is 1. The first-order valence-corrected chi connectivity index (χ1v) is 8.44. The largest absolute Gasteiger partial charge is 0.597 e. The first-order valence-electron chi connectivity index (χ1n) is 7.34. The first-order chi connectivity index (χ1) is 10.3. The van der Waals surface area contributed by atoms with Crippen molar-refractivity contribution in [1.29, 1.82) is 0 Å². The minimum absolute atomic E-state index is 0.0108. The van der Waals surface area contributed by atoms with Crippen LogP contribution in [-0.2, 0) is 11.4 Å². The van der Waals surface area contributed by atoms with Crippen LogP contribution in [0.3, 0.4) is 0 Å². The summed E-state index contributed by atoms with van der Waals surface area (Å²) in [4.78, 5) is 4.40. The molecule has 0 fully saturated rings. The van der Waals surface area contributed by atoms with Crippen molar-refractivity contribution in [1.82, 2.24) is 9.29 Å². The number of nitrogens with zero attached hydrogens (tertiary/aromatic N) is 2. The molecule has 1 aromatic heterocycles. The van der Waals surface area contributed by atoms with Crippen molar-refractivity contribution in [3.05, 3.63) is 36.0 Å². The van der Waals surface area contributed by atoms with Crippen LogP contribution in [0.1, 0.15) is 39.3 Å². The summed E-state index contributed by atoms with van der Waals surface area (Å²) in [5, 5.41) is 2.06. The fourth-order valence-electron chi connectivity index (χ4n) is 2.46. The Hall–Kier alpha value is -1.30. The number of methoxy groups -OCH3 is 1. The average molecular weight is 320 g/mol. The summed E-state index contributed by atoms with van der Waals surface area (Å²) >= 11 is -1.09. The van der Waals surface area contributed by atoms with Gasteiger partial charge in [-0.1, -0.05) is 18.2 Å². The summed E-state index contributed by atoms with van der Waals surface area (Å²) in [6.07, 6.45) is 1.82. The van der Waals surface area contributed by atoms with E-state index >= 15 is 0 Å². The van der Waals surface area contributed by atoms with E-state index in [1.807, 2.05) is 56.5 Å². The topological polar surface area (TPSA) is 48.4 Å². The molecule has 0 N–H and O–H groups in total. The molecule has 0 amide bonds. The summed E-state index contributed by atoms with van der Waals surface area (Å²) < 4.78 is 19.6. The van der Waals surface area contributed by atoms with E-state index < -0.39 is 11.4 Å². The molecular weight excluding hydrogens is 296 g/mol. The highest BCUT2D eigenvalue weighted by molar-refractivity contribution is 7.90. The van der Waals surface area contributed by atoms with E-state index in [-0.39, 0.29) is 10.8 Å². The Kier molecular flexibility index (Phi) is 5.00. The molecule has 0 saturated carbocycles. The zero-order valence-corrected chi connectivity index (χ0v) is 14.9. The number of hydrogen-bond acceptors (Lipinski definition) is 4. The molecule has 0 spiro atoms. The molecule has 1 heterocycles. The quantitative estimate of drug-likeness (QED) is 0.806. The predicted octanol–water partition coefficient (Wildman–Crippen LogP) is 3.70. The molecule has 4 nitrogen and oxygen atoms in total. The molecule has 22 heavy (non-hydrogen) atoms. The van der Waals surface area contributed by atoms with Gasteiger partial charge in [0.25, 0.3) is 0 Å². The van der Waals surface area contributed by atoms with E-state index in [2.05, 4.69) is 18.0 Å². The Labute approximate surface area is 135 Å². The maximum atomic E-state index is 12.6. The van der Waals surface area contributed by atoms with Gasteiger partial charge in [-0.05, 0) is 44.7 Å². The summed E-state index contributed by atoms with van der Waals surface area (Å²) in [5.74, 6) is 0.617. The van der Waals surface area contributed by atoms with Gasteiger partial charge in [0.1, 0.15) is 4.75 Å². The minimum atomic E-state index is -1.09. The lowest BCUT2D eigenvalue weighted by atomic mass is 10.0. The van der Waals surface area contributed by atoms with Crippen molar-refractivity contribution < 1.29 is 9.29 Å². The van der Waals surface area contributed by atoms with E-state index in [4.69, 9.17) is 4.74 Å². The number of aromatic nitrogens is 1. The Balaban J connectivity index is 2.47. The van der Waals surface area contributed by atoms with Crippen molar-refractivity contribution in [2.75, 3.05) is 14.2 Å². The number of rotatable bonds is 4. The lowest BCUT2D eigenvalue weighted by Gasteiger charge is -2.34. The average Bonchev–Trinajstić information content (AvgIpc) is 2.50. The second-order valence-corrected chi connectivity index (χ2v) is 8.65. The molecule has 5 heteroatoms. The lowest BCUT2D eigenvalue weighted by molar-refractivity contribution is 0.381. The van der Waals surface area contributed by atoms with Crippen LogP contribution >= 0.6 is 0 Å². The predicted molar refractivity (Wildman–Crippen MR) is 92.4 cm³/mol. The van der Waals surface area contributed by atoms with Gasteiger partial charge < -0.3 is 9.29 Å². The van der Waals surface area contributed by atoms with Crippen molar-refractivity contribution in [3.8, 4) is 5.88 Å². The second kappa shape index (κ2) is 6.44. The number of pyridine rings is 1. The van der Waals surface area contributed by atoms with Crippen molar-refractivity contribution >= 4 is 22.1 Å². The van der Waals surface area contributed by atoms with E-state index in [9.17, 15) is 4.55 Å². The maximum Gasteiger partial charge on any atom is 0.221 e. The highest BCUT2D eigenvalue weighted by Gasteiger charge is 2.34. The van der Waals surface area contributed by atoms with Gasteiger partial charge in [-0.25, -0.2) is 4.98 Å². The third-order valence-electron chi connectivity index (χ3n) is 3.76. The number of ether oxygens (including phenoxy) is 1. The van der Waals surface area contributed by atoms with E-state index in [0.29, 0.717) is 5.88 Å². The third-order valence-corrected chi connectivity index (χ3v) is 5.65. The minimum Gasteiger partial charge on any atom is -0.597 e. The smallest absolute Gasteiger partial charge is 0.221 e. The van der Waals surface area contributed by atoms with Crippen molar-refractivity contribution in [3.63, 3.8) is 0 Å². The van der Waals surface area contributed by atoms with Crippen LogP contribution in [0.4, 0.5) is 0 Å². The third kappa shape index (κ3) is 3.21. The molecule has 2 aromatic rings. The van der Waals surface area contributed by atoms with Gasteiger partial charge in [0.05, 0.1) is 13.2 Å². The Bertz CT molecular complexity index is 655. The van der Waals surface area contributed by atoms with Gasteiger partial charge in [0, 0.05) is 30.0 Å². The van der Waals surface area contributed by atoms with Gasteiger partial charge in [-0.3, -0.25) is 0 Å². The van der Waals surface area contributed by atoms with Gasteiger partial charge >= 0.3 is 0 Å². The molecular formula is C17H24N2O2S. The monoisotopic (exact) mass is 320 g/mol. The molecule has 2 atom stereocenters. The Morgan fingerprint density at radius 1 is 1.23 bits per heavy atom. The van der Waals surface area contributed by atoms with E-state index in [0.717, 1.165) is 16.3 Å². The first kappa shape index (κ1) is 17.1. The van der Waals surface area contributed by atoms with E-state index in [1.54, 1.807) is 7.11 Å². The van der Waals surface area contributed by atoms with Crippen molar-refractivity contribution in [2.45, 2.75) is 38.5 Å². The molecule has 1 unspecified atom stereocenters. The van der Waals surface area contributed by atoms with Gasteiger partial charge in [-0.2, -0.15) is 0 Å². The molecule has 1 aromatic carbocycles. The molecule has 0 radical (unpaired) electrons. The van der Waals surface area contributed by atoms with Crippen LogP contribution in [0.25, 0.3) is 10.8 Å². The zero-order valence-electron chi connectivity index (χ0n) is 14.1. The van der Waals surface area contributed by atoms with Crippen LogP contribution in [0.2, 0.25) is 0 Å². The highest BCUT2D eigenvalue weighted by Crippen LogP contribution is 2.34. The van der Waals surface area contributed by atoms with Crippen LogP contribution in [0.15, 0.2) is 30.5 Å². The summed E-state index contributed by atoms with van der Waals surface area (Å²) in [6.45, 7) is 8.00. The van der Waals surface area contributed by atoms with Crippen LogP contribution in [0, 0.1) is 0 Å². The summed E-state index contributed by atoms with van der Waals surface area (Å²) in [5.41, 5.74) is 1.05. The van der Waals surface area contributed by atoms with Gasteiger partial charge in [0.2, 0.25) is 5.88 Å². The molecule has 0 aliphatic heterocycles. The Morgan fingerprint density at radius 2 is 1.82 bits per heavy atom. The second-order valence-electron chi connectivity index (χ2n) is 6.35. The molecule has 0 bridgehead atoms. The van der Waals surface area contributed by atoms with Crippen LogP contribution in [-0.4, -0.2) is 32.7 Å². The Morgan fingerprint density at radius 3 is 2.36 bits per heavy atom. The molecule has 2 rings (SSSR count). The standard InChI is InChI=1S/C17H24N2O2S/c1-12(19(5)22(20)17(2,3)4)15-11-18-16(21-6)14-10-8-7-9-13(14)15/h7-12H,1-6H3/t12?,22-/m0/s1. The molecule has 120 valence electrons. The molecule has 0 saturated heterocycles. The fourth-order valence-corrected chi connectivity index (χ4v) is 3.72. The SMILES string of the molecule is COc1ncc(C(C)N(C)[S@@+]([O-])C(C)(C)C)c2ccccc12. The zero-order chi connectivity index (χ0) is 16.5. The normalized spacial score (nSPS) is 15.1. The van der Waals surface area contributed by atoms with Crippen molar-refractivity contribution in [2.24, 2.45) is 0 Å². The van der Waals surface area contributed by atoms with Gasteiger partial charge in [-0.15, -0.1) is 4.31 Å². The summed E-state index contributed by atoms with van der Waals surface area (Å²) in [6, 6.07) is 8.01. The lowest BCUT2D eigenvalue weighted by Crippen LogP contribution is -2.41. The summed E-state index contributed by atoms with van der Waals surface area (Å²) in [7, 11) is 3.52. The van der Waals surface area contributed by atoms with Crippen LogP contribution in [0.5, 0.6) is 5.88 Å². The highest BCUT2D eigenvalue weighted by atomic mass is 32.2.